The van der Waals surface area contributed by atoms with Crippen LogP contribution in [0.25, 0.3) is 16.7 Å². The smallest absolute Gasteiger partial charge is 0.262 e. The second-order valence-corrected chi connectivity index (χ2v) is 9.59. The number of thioether (sulfide) groups is 1. The van der Waals surface area contributed by atoms with E-state index in [0.29, 0.717) is 40.5 Å². The molecule has 3 aromatic rings. The maximum Gasteiger partial charge on any atom is 0.262 e. The summed E-state index contributed by atoms with van der Waals surface area (Å²) in [6, 6.07) is 7.55. The zero-order valence-electron chi connectivity index (χ0n) is 17.9. The third-order valence-corrected chi connectivity index (χ3v) is 6.66. The minimum atomic E-state index is -0.0407. The third-order valence-electron chi connectivity index (χ3n) is 5.74. The van der Waals surface area contributed by atoms with Crippen LogP contribution in [-0.4, -0.2) is 48.8 Å². The SMILES string of the molecule is CC(C)CCn1c(=O)c2ccccc2n2c(SCC(=O)N3CCC[C@@H](C)C3)nnc12. The fourth-order valence-corrected chi connectivity index (χ4v) is 4.89. The van der Waals surface area contributed by atoms with E-state index in [2.05, 4.69) is 31.0 Å². The van der Waals surface area contributed by atoms with Crippen molar-refractivity contribution in [2.75, 3.05) is 18.8 Å². The zero-order chi connectivity index (χ0) is 21.3. The molecule has 4 rings (SSSR count). The van der Waals surface area contributed by atoms with Gasteiger partial charge in [0, 0.05) is 19.6 Å². The first-order valence-corrected chi connectivity index (χ1v) is 11.7. The lowest BCUT2D eigenvalue weighted by atomic mass is 10.0. The molecule has 0 bridgehead atoms. The summed E-state index contributed by atoms with van der Waals surface area (Å²) < 4.78 is 3.64. The van der Waals surface area contributed by atoms with Gasteiger partial charge < -0.3 is 4.90 Å². The number of aromatic nitrogens is 4. The second kappa shape index (κ2) is 8.79. The molecule has 1 amide bonds. The number of benzene rings is 1. The number of rotatable bonds is 6. The topological polar surface area (TPSA) is 72.5 Å². The zero-order valence-corrected chi connectivity index (χ0v) is 18.7. The number of hydrogen-bond donors (Lipinski definition) is 0. The van der Waals surface area contributed by atoms with E-state index in [0.717, 1.165) is 31.4 Å². The highest BCUT2D eigenvalue weighted by Crippen LogP contribution is 2.23. The fraction of sp³-hybridized carbons (Fsp3) is 0.545. The number of amides is 1. The van der Waals surface area contributed by atoms with Crippen molar-refractivity contribution in [2.24, 2.45) is 11.8 Å². The lowest BCUT2D eigenvalue weighted by Gasteiger charge is -2.30. The first-order valence-electron chi connectivity index (χ1n) is 10.7. The van der Waals surface area contributed by atoms with Gasteiger partial charge in [-0.15, -0.1) is 10.2 Å². The van der Waals surface area contributed by atoms with Crippen molar-refractivity contribution in [1.82, 2.24) is 24.1 Å². The molecule has 0 N–H and O–H groups in total. The first kappa shape index (κ1) is 20.9. The lowest BCUT2D eigenvalue weighted by molar-refractivity contribution is -0.130. The Morgan fingerprint density at radius 2 is 2.07 bits per heavy atom. The van der Waals surface area contributed by atoms with E-state index >= 15 is 0 Å². The molecular formula is C22H29N5O2S. The van der Waals surface area contributed by atoms with Crippen LogP contribution in [0.3, 0.4) is 0 Å². The fourth-order valence-electron chi connectivity index (χ4n) is 4.05. The summed E-state index contributed by atoms with van der Waals surface area (Å²) in [6.07, 6.45) is 3.14. The van der Waals surface area contributed by atoms with Gasteiger partial charge in [-0.2, -0.15) is 0 Å². The number of likely N-dealkylation sites (tertiary alicyclic amines) is 1. The van der Waals surface area contributed by atoms with Gasteiger partial charge in [0.25, 0.3) is 5.56 Å². The molecule has 1 aromatic carbocycles. The second-order valence-electron chi connectivity index (χ2n) is 8.65. The molecule has 0 saturated carbocycles. The predicted octanol–water partition coefficient (Wildman–Crippen LogP) is 3.44. The van der Waals surface area contributed by atoms with Crippen molar-refractivity contribution in [3.8, 4) is 0 Å². The molecule has 3 heterocycles. The number of carbonyl (C=O) groups is 1. The molecule has 0 unspecified atom stereocenters. The largest absolute Gasteiger partial charge is 0.342 e. The number of hydrogen-bond acceptors (Lipinski definition) is 5. The van der Waals surface area contributed by atoms with Gasteiger partial charge in [-0.3, -0.25) is 18.6 Å². The number of piperidine rings is 1. The molecule has 0 spiro atoms. The van der Waals surface area contributed by atoms with Crippen molar-refractivity contribution in [3.05, 3.63) is 34.6 Å². The first-order chi connectivity index (χ1) is 14.5. The van der Waals surface area contributed by atoms with Crippen LogP contribution in [0.15, 0.2) is 34.2 Å². The molecular weight excluding hydrogens is 398 g/mol. The van der Waals surface area contributed by atoms with Crippen molar-refractivity contribution in [2.45, 2.75) is 51.7 Å². The van der Waals surface area contributed by atoms with Crippen molar-refractivity contribution in [1.29, 1.82) is 0 Å². The van der Waals surface area contributed by atoms with Gasteiger partial charge in [-0.05, 0) is 43.2 Å². The molecule has 0 radical (unpaired) electrons. The van der Waals surface area contributed by atoms with Gasteiger partial charge in [0.05, 0.1) is 16.7 Å². The van der Waals surface area contributed by atoms with Gasteiger partial charge in [0.15, 0.2) is 5.16 Å². The number of aryl methyl sites for hydroxylation is 1. The average Bonchev–Trinajstić information content (AvgIpc) is 3.15. The standard InChI is InChI=1S/C22H29N5O2S/c1-15(2)10-12-26-20(29)17-8-4-5-9-18(17)27-21(26)23-24-22(27)30-14-19(28)25-11-6-7-16(3)13-25/h4-5,8-9,15-16H,6-7,10-14H2,1-3H3/t16-/m1/s1. The van der Waals surface area contributed by atoms with Crippen LogP contribution in [0.2, 0.25) is 0 Å². The molecule has 1 aliphatic rings. The minimum Gasteiger partial charge on any atom is -0.342 e. The van der Waals surface area contributed by atoms with E-state index in [4.69, 9.17) is 0 Å². The van der Waals surface area contributed by atoms with Gasteiger partial charge in [-0.1, -0.05) is 44.7 Å². The maximum atomic E-state index is 13.1. The monoisotopic (exact) mass is 427 g/mol. The van der Waals surface area contributed by atoms with E-state index in [-0.39, 0.29) is 11.5 Å². The van der Waals surface area contributed by atoms with Crippen molar-refractivity contribution >= 4 is 34.3 Å². The van der Waals surface area contributed by atoms with E-state index < -0.39 is 0 Å². The van der Waals surface area contributed by atoms with E-state index in [1.807, 2.05) is 33.6 Å². The van der Waals surface area contributed by atoms with Crippen LogP contribution in [0.5, 0.6) is 0 Å². The maximum absolute atomic E-state index is 13.1. The lowest BCUT2D eigenvalue weighted by Crippen LogP contribution is -2.40. The average molecular weight is 428 g/mol. The van der Waals surface area contributed by atoms with Gasteiger partial charge >= 0.3 is 0 Å². The molecule has 160 valence electrons. The highest BCUT2D eigenvalue weighted by molar-refractivity contribution is 7.99. The van der Waals surface area contributed by atoms with Gasteiger partial charge in [0.2, 0.25) is 11.7 Å². The number of carbonyl (C=O) groups excluding carboxylic acids is 1. The Kier molecular flexibility index (Phi) is 6.13. The normalized spacial score (nSPS) is 17.3. The predicted molar refractivity (Wildman–Crippen MR) is 120 cm³/mol. The molecule has 8 heteroatoms. The van der Waals surface area contributed by atoms with Gasteiger partial charge in [-0.25, -0.2) is 0 Å². The molecule has 30 heavy (non-hydrogen) atoms. The molecule has 1 fully saturated rings. The number of fused-ring (bicyclic) bond motifs is 3. The van der Waals surface area contributed by atoms with Crippen molar-refractivity contribution < 1.29 is 4.79 Å². The Balaban J connectivity index is 1.67. The summed E-state index contributed by atoms with van der Waals surface area (Å²) in [6.45, 7) is 8.74. The summed E-state index contributed by atoms with van der Waals surface area (Å²) in [5.74, 6) is 2.04. The summed E-state index contributed by atoms with van der Waals surface area (Å²) >= 11 is 1.40. The van der Waals surface area contributed by atoms with Gasteiger partial charge in [0.1, 0.15) is 0 Å². The molecule has 7 nitrogen and oxygen atoms in total. The Labute approximate surface area is 180 Å². The quantitative estimate of drug-likeness (QED) is 0.564. The summed E-state index contributed by atoms with van der Waals surface area (Å²) in [5, 5.41) is 9.99. The van der Waals surface area contributed by atoms with E-state index in [1.54, 1.807) is 4.57 Å². The summed E-state index contributed by atoms with van der Waals surface area (Å²) in [5.41, 5.74) is 0.742. The highest BCUT2D eigenvalue weighted by Gasteiger charge is 2.22. The molecule has 1 aliphatic heterocycles. The Morgan fingerprint density at radius 1 is 1.27 bits per heavy atom. The highest BCUT2D eigenvalue weighted by atomic mass is 32.2. The van der Waals surface area contributed by atoms with Crippen LogP contribution in [0.4, 0.5) is 0 Å². The van der Waals surface area contributed by atoms with Crippen LogP contribution in [-0.2, 0) is 11.3 Å². The Bertz CT molecular complexity index is 1120. The number of para-hydroxylation sites is 1. The summed E-state index contributed by atoms with van der Waals surface area (Å²) in [4.78, 5) is 27.8. The van der Waals surface area contributed by atoms with Crippen LogP contribution in [0.1, 0.15) is 40.0 Å². The Morgan fingerprint density at radius 3 is 2.83 bits per heavy atom. The van der Waals surface area contributed by atoms with Crippen LogP contribution < -0.4 is 5.56 Å². The van der Waals surface area contributed by atoms with Crippen LogP contribution in [0, 0.1) is 11.8 Å². The molecule has 2 aromatic heterocycles. The Hall–Kier alpha value is -2.35. The number of nitrogens with zero attached hydrogens (tertiary/aromatic N) is 5. The minimum absolute atomic E-state index is 0.0407. The summed E-state index contributed by atoms with van der Waals surface area (Å²) in [7, 11) is 0. The molecule has 1 saturated heterocycles. The van der Waals surface area contributed by atoms with E-state index in [1.165, 1.54) is 18.2 Å². The van der Waals surface area contributed by atoms with E-state index in [9.17, 15) is 9.59 Å². The van der Waals surface area contributed by atoms with Crippen LogP contribution >= 0.6 is 11.8 Å². The molecule has 1 atom stereocenters. The van der Waals surface area contributed by atoms with Crippen molar-refractivity contribution in [3.63, 3.8) is 0 Å². The third kappa shape index (κ3) is 4.10. The molecule has 0 aliphatic carbocycles.